The van der Waals surface area contributed by atoms with Gasteiger partial charge in [0.1, 0.15) is 11.0 Å². The molecular formula is C13H15ClFN3O2. The van der Waals surface area contributed by atoms with Crippen LogP contribution in [0.2, 0.25) is 5.15 Å². The van der Waals surface area contributed by atoms with Crippen LogP contribution in [0.1, 0.15) is 23.7 Å². The molecule has 0 radical (unpaired) electrons. The van der Waals surface area contributed by atoms with Crippen LogP contribution in [0.4, 0.5) is 4.39 Å². The Labute approximate surface area is 121 Å². The molecule has 108 valence electrons. The van der Waals surface area contributed by atoms with Crippen LogP contribution in [0.3, 0.4) is 0 Å². The summed E-state index contributed by atoms with van der Waals surface area (Å²) in [6, 6.07) is 1.09. The summed E-state index contributed by atoms with van der Waals surface area (Å²) in [6.45, 7) is 3.52. The molecule has 7 heteroatoms. The minimum absolute atomic E-state index is 0.00949. The third-order valence-electron chi connectivity index (χ3n) is 3.26. The highest BCUT2D eigenvalue weighted by molar-refractivity contribution is 6.32. The average molecular weight is 300 g/mol. The first-order valence-corrected chi connectivity index (χ1v) is 6.72. The van der Waals surface area contributed by atoms with Crippen molar-refractivity contribution in [3.8, 4) is 0 Å². The molecule has 0 atom stereocenters. The van der Waals surface area contributed by atoms with E-state index >= 15 is 0 Å². The Morgan fingerprint density at radius 1 is 1.25 bits per heavy atom. The molecule has 5 nitrogen and oxygen atoms in total. The Kier molecular flexibility index (Phi) is 4.54. The van der Waals surface area contributed by atoms with Crippen LogP contribution in [-0.4, -0.2) is 52.8 Å². The van der Waals surface area contributed by atoms with Crippen molar-refractivity contribution in [3.05, 3.63) is 28.8 Å². The van der Waals surface area contributed by atoms with Crippen molar-refractivity contribution < 1.29 is 14.0 Å². The second kappa shape index (κ2) is 6.17. The fraction of sp³-hybridized carbons (Fsp3) is 0.462. The lowest BCUT2D eigenvalue weighted by Crippen LogP contribution is -2.36. The summed E-state index contributed by atoms with van der Waals surface area (Å²) in [6.07, 6.45) is 1.66. The number of pyridine rings is 1. The van der Waals surface area contributed by atoms with Gasteiger partial charge in [-0.3, -0.25) is 9.59 Å². The van der Waals surface area contributed by atoms with Crippen LogP contribution < -0.4 is 0 Å². The summed E-state index contributed by atoms with van der Waals surface area (Å²) in [7, 11) is 0. The largest absolute Gasteiger partial charge is 0.341 e. The summed E-state index contributed by atoms with van der Waals surface area (Å²) in [4.78, 5) is 30.6. The van der Waals surface area contributed by atoms with Crippen LogP contribution >= 0.6 is 11.6 Å². The molecule has 1 aliphatic heterocycles. The summed E-state index contributed by atoms with van der Waals surface area (Å²) >= 11 is 5.84. The van der Waals surface area contributed by atoms with E-state index in [4.69, 9.17) is 11.6 Å². The zero-order valence-corrected chi connectivity index (χ0v) is 11.9. The molecule has 1 fully saturated rings. The van der Waals surface area contributed by atoms with Crippen molar-refractivity contribution in [3.63, 3.8) is 0 Å². The quantitative estimate of drug-likeness (QED) is 0.740. The van der Waals surface area contributed by atoms with E-state index in [-0.39, 0.29) is 22.5 Å². The van der Waals surface area contributed by atoms with Crippen LogP contribution in [0.25, 0.3) is 0 Å². The molecule has 2 heterocycles. The van der Waals surface area contributed by atoms with E-state index in [2.05, 4.69) is 4.98 Å². The number of hydrogen-bond donors (Lipinski definition) is 0. The molecule has 2 rings (SSSR count). The summed E-state index contributed by atoms with van der Waals surface area (Å²) < 4.78 is 13.2. The molecule has 0 bridgehead atoms. The third kappa shape index (κ3) is 3.25. The number of carbonyl (C=O) groups excluding carboxylic acids is 2. The standard InChI is InChI=1S/C13H15ClFN3O2/c1-9(19)17-3-2-4-18(6-5-17)13(20)11-7-10(15)8-16-12(11)14/h7-8H,2-6H2,1H3. The Balaban J connectivity index is 2.13. The molecule has 1 saturated heterocycles. The summed E-state index contributed by atoms with van der Waals surface area (Å²) in [5.41, 5.74) is 0.0583. The Bertz CT molecular complexity index is 538. The van der Waals surface area contributed by atoms with Gasteiger partial charge in [0.05, 0.1) is 11.8 Å². The Hall–Kier alpha value is -1.69. The highest BCUT2D eigenvalue weighted by Crippen LogP contribution is 2.17. The molecule has 1 aromatic rings. The van der Waals surface area contributed by atoms with Gasteiger partial charge < -0.3 is 9.80 Å². The number of amides is 2. The molecule has 1 aliphatic rings. The molecule has 0 aromatic carbocycles. The summed E-state index contributed by atoms with van der Waals surface area (Å²) in [5.74, 6) is -0.963. The number of carbonyl (C=O) groups is 2. The monoisotopic (exact) mass is 299 g/mol. The fourth-order valence-corrected chi connectivity index (χ4v) is 2.36. The zero-order valence-electron chi connectivity index (χ0n) is 11.1. The van der Waals surface area contributed by atoms with Gasteiger partial charge in [0.2, 0.25) is 5.91 Å². The molecule has 0 saturated carbocycles. The normalized spacial score (nSPS) is 15.9. The number of halogens is 2. The minimum atomic E-state index is -0.599. The lowest BCUT2D eigenvalue weighted by molar-refractivity contribution is -0.128. The van der Waals surface area contributed by atoms with Crippen molar-refractivity contribution in [1.29, 1.82) is 0 Å². The lowest BCUT2D eigenvalue weighted by Gasteiger charge is -2.21. The van der Waals surface area contributed by atoms with Crippen LogP contribution in [0.15, 0.2) is 12.3 Å². The third-order valence-corrected chi connectivity index (χ3v) is 3.57. The van der Waals surface area contributed by atoms with E-state index in [0.717, 1.165) is 12.3 Å². The smallest absolute Gasteiger partial charge is 0.257 e. The average Bonchev–Trinajstić information content (AvgIpc) is 2.66. The van der Waals surface area contributed by atoms with Gasteiger partial charge in [0.25, 0.3) is 5.91 Å². The molecule has 0 N–H and O–H groups in total. The second-order valence-electron chi connectivity index (χ2n) is 4.64. The Morgan fingerprint density at radius 3 is 2.60 bits per heavy atom. The van der Waals surface area contributed by atoms with Gasteiger partial charge in [-0.15, -0.1) is 0 Å². The zero-order chi connectivity index (χ0) is 14.7. The number of hydrogen-bond acceptors (Lipinski definition) is 3. The molecule has 20 heavy (non-hydrogen) atoms. The van der Waals surface area contributed by atoms with Crippen LogP contribution in [-0.2, 0) is 4.79 Å². The number of nitrogens with zero attached hydrogens (tertiary/aromatic N) is 3. The first kappa shape index (κ1) is 14.7. The van der Waals surface area contributed by atoms with Crippen molar-refractivity contribution in [2.75, 3.05) is 26.2 Å². The minimum Gasteiger partial charge on any atom is -0.341 e. The van der Waals surface area contributed by atoms with Gasteiger partial charge >= 0.3 is 0 Å². The number of aromatic nitrogens is 1. The van der Waals surface area contributed by atoms with Gasteiger partial charge in [-0.1, -0.05) is 11.6 Å². The maximum atomic E-state index is 13.2. The van der Waals surface area contributed by atoms with E-state index < -0.39 is 5.82 Å². The summed E-state index contributed by atoms with van der Waals surface area (Å²) in [5, 5.41) is -0.0101. The van der Waals surface area contributed by atoms with Crippen LogP contribution in [0, 0.1) is 5.82 Å². The fourth-order valence-electron chi connectivity index (χ4n) is 2.18. The highest BCUT2D eigenvalue weighted by atomic mass is 35.5. The van der Waals surface area contributed by atoms with Crippen molar-refractivity contribution >= 4 is 23.4 Å². The predicted octanol–water partition coefficient (Wildman–Crippen LogP) is 1.57. The maximum Gasteiger partial charge on any atom is 0.257 e. The van der Waals surface area contributed by atoms with E-state index in [1.165, 1.54) is 6.92 Å². The van der Waals surface area contributed by atoms with E-state index in [9.17, 15) is 14.0 Å². The first-order chi connectivity index (χ1) is 9.49. The van der Waals surface area contributed by atoms with E-state index in [1.807, 2.05) is 0 Å². The Morgan fingerprint density at radius 2 is 1.90 bits per heavy atom. The maximum absolute atomic E-state index is 13.2. The lowest BCUT2D eigenvalue weighted by atomic mass is 10.2. The molecule has 1 aromatic heterocycles. The van der Waals surface area contributed by atoms with Crippen LogP contribution in [0.5, 0.6) is 0 Å². The van der Waals surface area contributed by atoms with Crippen molar-refractivity contribution in [2.45, 2.75) is 13.3 Å². The van der Waals surface area contributed by atoms with Gasteiger partial charge in [-0.05, 0) is 12.5 Å². The molecule has 2 amide bonds. The first-order valence-electron chi connectivity index (χ1n) is 6.35. The second-order valence-corrected chi connectivity index (χ2v) is 5.00. The van der Waals surface area contributed by atoms with E-state index in [1.54, 1.807) is 9.80 Å². The molecule has 0 unspecified atom stereocenters. The van der Waals surface area contributed by atoms with E-state index in [0.29, 0.717) is 32.6 Å². The molecular weight excluding hydrogens is 285 g/mol. The topological polar surface area (TPSA) is 53.5 Å². The molecule has 0 aliphatic carbocycles. The van der Waals surface area contributed by atoms with Gasteiger partial charge in [0, 0.05) is 33.1 Å². The number of rotatable bonds is 1. The SMILES string of the molecule is CC(=O)N1CCCN(C(=O)c2cc(F)cnc2Cl)CC1. The van der Waals surface area contributed by atoms with Gasteiger partial charge in [-0.2, -0.15) is 0 Å². The molecule has 0 spiro atoms. The predicted molar refractivity (Wildman–Crippen MR) is 72.0 cm³/mol. The van der Waals surface area contributed by atoms with Gasteiger partial charge in [0.15, 0.2) is 0 Å². The highest BCUT2D eigenvalue weighted by Gasteiger charge is 2.23. The van der Waals surface area contributed by atoms with Crippen molar-refractivity contribution in [2.24, 2.45) is 0 Å². The van der Waals surface area contributed by atoms with Crippen molar-refractivity contribution in [1.82, 2.24) is 14.8 Å². The van der Waals surface area contributed by atoms with Gasteiger partial charge in [-0.25, -0.2) is 9.37 Å².